The van der Waals surface area contributed by atoms with Crippen molar-refractivity contribution in [3.63, 3.8) is 0 Å². The largest absolute Gasteiger partial charge is 0.384 e. The number of para-hydroxylation sites is 1. The second kappa shape index (κ2) is 5.69. The van der Waals surface area contributed by atoms with E-state index in [0.717, 1.165) is 5.69 Å². The summed E-state index contributed by atoms with van der Waals surface area (Å²) < 4.78 is 0. The molecule has 0 aromatic heterocycles. The highest BCUT2D eigenvalue weighted by molar-refractivity contribution is 5.99. The zero-order valence-electron chi connectivity index (χ0n) is 9.76. The van der Waals surface area contributed by atoms with Crippen LogP contribution in [0, 0.1) is 0 Å². The number of anilines is 1. The molecule has 0 radical (unpaired) electrons. The normalized spacial score (nSPS) is 11.0. The Hall–Kier alpha value is -2.30. The van der Waals surface area contributed by atoms with Crippen molar-refractivity contribution < 1.29 is 4.79 Å². The summed E-state index contributed by atoms with van der Waals surface area (Å²) in [6.07, 6.45) is 0.0939. The van der Waals surface area contributed by atoms with Crippen molar-refractivity contribution in [3.05, 3.63) is 42.7 Å². The van der Waals surface area contributed by atoms with Crippen LogP contribution in [0.5, 0.6) is 0 Å². The minimum atomic E-state index is -0.429. The van der Waals surface area contributed by atoms with E-state index in [0.29, 0.717) is 5.71 Å². The SMILES string of the molecule is C=C(N)N(/N=C(/C)CC(N)=O)c1ccccc1. The molecule has 0 aliphatic carbocycles. The molecule has 0 spiro atoms. The van der Waals surface area contributed by atoms with Crippen LogP contribution in [0.4, 0.5) is 5.69 Å². The second-order valence-electron chi connectivity index (χ2n) is 3.62. The second-order valence-corrected chi connectivity index (χ2v) is 3.62. The maximum atomic E-state index is 10.8. The molecule has 0 saturated heterocycles. The van der Waals surface area contributed by atoms with Crippen LogP contribution in [-0.2, 0) is 4.79 Å². The Balaban J connectivity index is 2.96. The van der Waals surface area contributed by atoms with Crippen molar-refractivity contribution in [2.45, 2.75) is 13.3 Å². The molecule has 90 valence electrons. The summed E-state index contributed by atoms with van der Waals surface area (Å²) in [5.41, 5.74) is 12.1. The number of rotatable bonds is 5. The van der Waals surface area contributed by atoms with Crippen LogP contribution >= 0.6 is 0 Å². The average molecular weight is 232 g/mol. The summed E-state index contributed by atoms with van der Waals surface area (Å²) in [5, 5.41) is 5.68. The van der Waals surface area contributed by atoms with Crippen LogP contribution < -0.4 is 16.5 Å². The first-order valence-corrected chi connectivity index (χ1v) is 5.12. The van der Waals surface area contributed by atoms with Gasteiger partial charge in [-0.2, -0.15) is 5.10 Å². The van der Waals surface area contributed by atoms with Crippen LogP contribution in [0.3, 0.4) is 0 Å². The molecular weight excluding hydrogens is 216 g/mol. The van der Waals surface area contributed by atoms with E-state index in [2.05, 4.69) is 11.7 Å². The highest BCUT2D eigenvalue weighted by Crippen LogP contribution is 2.16. The first-order chi connectivity index (χ1) is 8.00. The molecule has 0 unspecified atom stereocenters. The van der Waals surface area contributed by atoms with Gasteiger partial charge < -0.3 is 11.5 Å². The average Bonchev–Trinajstić information content (AvgIpc) is 2.25. The van der Waals surface area contributed by atoms with Crippen molar-refractivity contribution in [1.82, 2.24) is 0 Å². The molecule has 0 aliphatic heterocycles. The highest BCUT2D eigenvalue weighted by atomic mass is 16.1. The Labute approximate surface area is 100 Å². The third kappa shape index (κ3) is 3.98. The Morgan fingerprint density at radius 2 is 1.94 bits per heavy atom. The molecular formula is C12H16N4O. The smallest absolute Gasteiger partial charge is 0.223 e. The monoisotopic (exact) mass is 232 g/mol. The summed E-state index contributed by atoms with van der Waals surface area (Å²) in [6, 6.07) is 9.31. The van der Waals surface area contributed by atoms with E-state index in [1.807, 2.05) is 30.3 Å². The molecule has 1 rings (SSSR count). The molecule has 1 aromatic carbocycles. The first-order valence-electron chi connectivity index (χ1n) is 5.12. The predicted molar refractivity (Wildman–Crippen MR) is 69.2 cm³/mol. The van der Waals surface area contributed by atoms with Gasteiger partial charge in [-0.25, -0.2) is 5.01 Å². The topological polar surface area (TPSA) is 84.7 Å². The minimum Gasteiger partial charge on any atom is -0.384 e. The number of nitrogens with two attached hydrogens (primary N) is 2. The van der Waals surface area contributed by atoms with Gasteiger partial charge in [0, 0.05) is 5.71 Å². The molecule has 0 saturated carbocycles. The summed E-state index contributed by atoms with van der Waals surface area (Å²) in [5.74, 6) is -0.151. The number of hydrogen-bond donors (Lipinski definition) is 2. The lowest BCUT2D eigenvalue weighted by atomic mass is 10.3. The van der Waals surface area contributed by atoms with Gasteiger partial charge in [-0.05, 0) is 19.1 Å². The number of hydrazone groups is 1. The summed E-state index contributed by atoms with van der Waals surface area (Å²) >= 11 is 0. The molecule has 0 heterocycles. The Morgan fingerprint density at radius 1 is 1.35 bits per heavy atom. The summed E-state index contributed by atoms with van der Waals surface area (Å²) in [4.78, 5) is 10.8. The number of nitrogens with zero attached hydrogens (tertiary/aromatic N) is 2. The zero-order valence-corrected chi connectivity index (χ0v) is 9.76. The minimum absolute atomic E-state index is 0.0939. The number of carbonyl (C=O) groups is 1. The lowest BCUT2D eigenvalue weighted by Gasteiger charge is -2.19. The summed E-state index contributed by atoms with van der Waals surface area (Å²) in [6.45, 7) is 5.36. The molecule has 0 aliphatic rings. The maximum absolute atomic E-state index is 10.8. The highest BCUT2D eigenvalue weighted by Gasteiger charge is 2.07. The Kier molecular flexibility index (Phi) is 4.28. The van der Waals surface area contributed by atoms with E-state index in [1.165, 1.54) is 5.01 Å². The summed E-state index contributed by atoms with van der Waals surface area (Å²) in [7, 11) is 0. The van der Waals surface area contributed by atoms with E-state index in [-0.39, 0.29) is 12.2 Å². The molecule has 17 heavy (non-hydrogen) atoms. The molecule has 5 nitrogen and oxygen atoms in total. The standard InChI is InChI=1S/C12H16N4O/c1-9(8-12(14)17)15-16(10(2)13)11-6-4-3-5-7-11/h3-7H,2,8,13H2,1H3,(H2,14,17)/b15-9-. The third-order valence-corrected chi connectivity index (χ3v) is 1.97. The van der Waals surface area contributed by atoms with Gasteiger partial charge in [0.25, 0.3) is 0 Å². The number of benzene rings is 1. The quantitative estimate of drug-likeness (QED) is 0.590. The van der Waals surface area contributed by atoms with Crippen LogP contribution in [-0.4, -0.2) is 11.6 Å². The maximum Gasteiger partial charge on any atom is 0.223 e. The van der Waals surface area contributed by atoms with Gasteiger partial charge in [0.1, 0.15) is 5.82 Å². The first kappa shape index (κ1) is 12.8. The van der Waals surface area contributed by atoms with Gasteiger partial charge >= 0.3 is 0 Å². The lowest BCUT2D eigenvalue weighted by Crippen LogP contribution is -2.24. The van der Waals surface area contributed by atoms with Gasteiger partial charge in [-0.3, -0.25) is 4.79 Å². The lowest BCUT2D eigenvalue weighted by molar-refractivity contribution is -0.116. The molecule has 0 atom stereocenters. The van der Waals surface area contributed by atoms with E-state index < -0.39 is 5.91 Å². The Bertz CT molecular complexity index is 439. The fraction of sp³-hybridized carbons (Fsp3) is 0.167. The van der Waals surface area contributed by atoms with E-state index in [1.54, 1.807) is 6.92 Å². The third-order valence-electron chi connectivity index (χ3n) is 1.97. The van der Waals surface area contributed by atoms with E-state index >= 15 is 0 Å². The number of amides is 1. The van der Waals surface area contributed by atoms with E-state index in [9.17, 15) is 4.79 Å². The van der Waals surface area contributed by atoms with Crippen LogP contribution in [0.25, 0.3) is 0 Å². The van der Waals surface area contributed by atoms with Gasteiger partial charge in [-0.15, -0.1) is 0 Å². The van der Waals surface area contributed by atoms with E-state index in [4.69, 9.17) is 11.5 Å². The number of hydrogen-bond acceptors (Lipinski definition) is 4. The fourth-order valence-electron chi connectivity index (χ4n) is 1.32. The van der Waals surface area contributed by atoms with Crippen molar-refractivity contribution in [2.24, 2.45) is 16.6 Å². The molecule has 5 heteroatoms. The van der Waals surface area contributed by atoms with Crippen molar-refractivity contribution in [2.75, 3.05) is 5.01 Å². The van der Waals surface area contributed by atoms with Gasteiger partial charge in [0.15, 0.2) is 0 Å². The molecule has 0 bridgehead atoms. The predicted octanol–water partition coefficient (Wildman–Crippen LogP) is 1.17. The number of primary amides is 1. The van der Waals surface area contributed by atoms with Gasteiger partial charge in [-0.1, -0.05) is 24.8 Å². The van der Waals surface area contributed by atoms with Crippen LogP contribution in [0.2, 0.25) is 0 Å². The number of carbonyl (C=O) groups excluding carboxylic acids is 1. The molecule has 1 amide bonds. The Morgan fingerprint density at radius 3 is 2.41 bits per heavy atom. The molecule has 4 N–H and O–H groups in total. The zero-order chi connectivity index (χ0) is 12.8. The van der Waals surface area contributed by atoms with Crippen LogP contribution in [0.15, 0.2) is 47.8 Å². The van der Waals surface area contributed by atoms with Gasteiger partial charge in [0.2, 0.25) is 5.91 Å². The fourth-order valence-corrected chi connectivity index (χ4v) is 1.32. The molecule has 1 aromatic rings. The molecule has 0 fully saturated rings. The van der Waals surface area contributed by atoms with Crippen molar-refractivity contribution in [3.8, 4) is 0 Å². The van der Waals surface area contributed by atoms with Crippen molar-refractivity contribution >= 4 is 17.3 Å². The van der Waals surface area contributed by atoms with Gasteiger partial charge in [0.05, 0.1) is 12.1 Å². The van der Waals surface area contributed by atoms with Crippen LogP contribution in [0.1, 0.15) is 13.3 Å². The van der Waals surface area contributed by atoms with Crippen molar-refractivity contribution in [1.29, 1.82) is 0 Å².